The molecule has 2 aliphatic rings. The zero-order valence-corrected chi connectivity index (χ0v) is 19.7. The molecule has 1 N–H and O–H groups in total. The van der Waals surface area contributed by atoms with E-state index in [2.05, 4.69) is 12.2 Å². The quantitative estimate of drug-likeness (QED) is 0.633. The van der Waals surface area contributed by atoms with Gasteiger partial charge in [0.2, 0.25) is 0 Å². The maximum absolute atomic E-state index is 12.8. The average Bonchev–Trinajstić information content (AvgIpc) is 3.13. The largest absolute Gasteiger partial charge is 0.486 e. The number of benzene rings is 1. The second kappa shape index (κ2) is 9.82. The van der Waals surface area contributed by atoms with E-state index in [9.17, 15) is 14.4 Å². The van der Waals surface area contributed by atoms with Gasteiger partial charge in [0.25, 0.3) is 5.91 Å². The van der Waals surface area contributed by atoms with Crippen LogP contribution in [0.1, 0.15) is 58.3 Å². The second-order valence-corrected chi connectivity index (χ2v) is 9.60. The van der Waals surface area contributed by atoms with Gasteiger partial charge in [-0.3, -0.25) is 4.79 Å². The summed E-state index contributed by atoms with van der Waals surface area (Å²) in [5, 5.41) is 3.19. The molecule has 33 heavy (non-hydrogen) atoms. The third-order valence-corrected chi connectivity index (χ3v) is 6.59. The lowest BCUT2D eigenvalue weighted by atomic mass is 9.88. The summed E-state index contributed by atoms with van der Waals surface area (Å²) < 4.78 is 21.5. The van der Waals surface area contributed by atoms with Crippen molar-refractivity contribution in [1.82, 2.24) is 0 Å². The summed E-state index contributed by atoms with van der Waals surface area (Å²) in [6.07, 6.45) is 2.33. The Kier molecular flexibility index (Phi) is 6.88. The molecule has 0 spiro atoms. The smallest absolute Gasteiger partial charge is 0.341 e. The van der Waals surface area contributed by atoms with E-state index in [1.165, 1.54) is 17.4 Å². The Morgan fingerprint density at radius 3 is 2.67 bits per heavy atom. The molecular formula is C24H27NO7S. The Morgan fingerprint density at radius 1 is 1.15 bits per heavy atom. The Bertz CT molecular complexity index is 1080. The van der Waals surface area contributed by atoms with Crippen LogP contribution in [0.3, 0.4) is 0 Å². The Balaban J connectivity index is 1.43. The highest BCUT2D eigenvalue weighted by Crippen LogP contribution is 2.40. The van der Waals surface area contributed by atoms with Crippen LogP contribution in [-0.2, 0) is 27.1 Å². The SMILES string of the molecule is CC1CCc2c(sc(NC(=O)COC(=O)c3ccc4c(c3)OCCO4)c2C(=O)OC(C)C)C1. The van der Waals surface area contributed by atoms with Crippen LogP contribution in [0, 0.1) is 5.92 Å². The fourth-order valence-corrected chi connectivity index (χ4v) is 5.29. The summed E-state index contributed by atoms with van der Waals surface area (Å²) in [5.74, 6) is -0.0764. The molecule has 4 rings (SSSR count). The molecule has 1 aliphatic heterocycles. The molecule has 0 radical (unpaired) electrons. The molecule has 1 aliphatic carbocycles. The fourth-order valence-electron chi connectivity index (χ4n) is 3.88. The number of thiophene rings is 1. The molecule has 2 aromatic rings. The van der Waals surface area contributed by atoms with E-state index in [0.717, 1.165) is 29.7 Å². The van der Waals surface area contributed by atoms with Crippen LogP contribution in [0.2, 0.25) is 0 Å². The van der Waals surface area contributed by atoms with Crippen molar-refractivity contribution in [3.05, 3.63) is 39.8 Å². The van der Waals surface area contributed by atoms with Crippen LogP contribution in [0.5, 0.6) is 11.5 Å². The number of carbonyl (C=O) groups excluding carboxylic acids is 3. The molecule has 0 saturated carbocycles. The minimum atomic E-state index is -0.652. The zero-order chi connectivity index (χ0) is 23.5. The molecule has 1 amide bonds. The van der Waals surface area contributed by atoms with Crippen LogP contribution in [-0.4, -0.2) is 43.8 Å². The zero-order valence-electron chi connectivity index (χ0n) is 18.9. The number of rotatable bonds is 6. The highest BCUT2D eigenvalue weighted by Gasteiger charge is 2.30. The molecule has 2 heterocycles. The van der Waals surface area contributed by atoms with Gasteiger partial charge < -0.3 is 24.3 Å². The molecule has 1 unspecified atom stereocenters. The first kappa shape index (κ1) is 23.1. The second-order valence-electron chi connectivity index (χ2n) is 8.49. The number of esters is 2. The number of carbonyl (C=O) groups is 3. The van der Waals surface area contributed by atoms with E-state index >= 15 is 0 Å². The third kappa shape index (κ3) is 5.30. The summed E-state index contributed by atoms with van der Waals surface area (Å²) >= 11 is 1.39. The van der Waals surface area contributed by atoms with Crippen molar-refractivity contribution in [2.75, 3.05) is 25.1 Å². The molecule has 176 valence electrons. The number of fused-ring (bicyclic) bond motifs is 2. The van der Waals surface area contributed by atoms with E-state index < -0.39 is 24.5 Å². The number of hydrogen-bond acceptors (Lipinski definition) is 8. The van der Waals surface area contributed by atoms with Crippen LogP contribution in [0.15, 0.2) is 18.2 Å². The minimum absolute atomic E-state index is 0.258. The summed E-state index contributed by atoms with van der Waals surface area (Å²) in [4.78, 5) is 38.8. The van der Waals surface area contributed by atoms with Crippen molar-refractivity contribution in [3.8, 4) is 11.5 Å². The monoisotopic (exact) mass is 473 g/mol. The van der Waals surface area contributed by atoms with E-state index in [-0.39, 0.29) is 11.7 Å². The predicted molar refractivity (Wildman–Crippen MR) is 122 cm³/mol. The molecule has 1 aromatic heterocycles. The van der Waals surface area contributed by atoms with Gasteiger partial charge in [-0.25, -0.2) is 9.59 Å². The van der Waals surface area contributed by atoms with E-state index in [1.54, 1.807) is 26.0 Å². The maximum atomic E-state index is 12.8. The lowest BCUT2D eigenvalue weighted by molar-refractivity contribution is -0.119. The van der Waals surface area contributed by atoms with E-state index in [1.807, 2.05) is 0 Å². The number of nitrogens with one attached hydrogen (secondary N) is 1. The van der Waals surface area contributed by atoms with Crippen molar-refractivity contribution in [3.63, 3.8) is 0 Å². The normalized spacial score (nSPS) is 16.7. The average molecular weight is 474 g/mol. The minimum Gasteiger partial charge on any atom is -0.486 e. The summed E-state index contributed by atoms with van der Waals surface area (Å²) in [6, 6.07) is 4.72. The van der Waals surface area contributed by atoms with Gasteiger partial charge >= 0.3 is 11.9 Å². The summed E-state index contributed by atoms with van der Waals surface area (Å²) in [6.45, 7) is 6.12. The molecule has 8 nitrogen and oxygen atoms in total. The van der Waals surface area contributed by atoms with Crippen molar-refractivity contribution in [2.24, 2.45) is 5.92 Å². The molecule has 9 heteroatoms. The first-order valence-electron chi connectivity index (χ1n) is 11.0. The van der Waals surface area contributed by atoms with Gasteiger partial charge in [0, 0.05) is 4.88 Å². The number of hydrogen-bond donors (Lipinski definition) is 1. The first-order valence-corrected chi connectivity index (χ1v) is 11.9. The molecule has 0 bridgehead atoms. The van der Waals surface area contributed by atoms with Crippen LogP contribution in [0.25, 0.3) is 0 Å². The molecule has 1 atom stereocenters. The van der Waals surface area contributed by atoms with E-state index in [0.29, 0.717) is 41.2 Å². The fraction of sp³-hybridized carbons (Fsp3) is 0.458. The molecular weight excluding hydrogens is 446 g/mol. The first-order chi connectivity index (χ1) is 15.8. The number of ether oxygens (including phenoxy) is 4. The Morgan fingerprint density at radius 2 is 1.91 bits per heavy atom. The predicted octanol–water partition coefficient (Wildman–Crippen LogP) is 4.00. The topological polar surface area (TPSA) is 100 Å². The van der Waals surface area contributed by atoms with Gasteiger partial charge in [0.15, 0.2) is 18.1 Å². The lowest BCUT2D eigenvalue weighted by Gasteiger charge is -2.19. The number of anilines is 1. The van der Waals surface area contributed by atoms with Gasteiger partial charge in [-0.2, -0.15) is 0 Å². The van der Waals surface area contributed by atoms with E-state index in [4.69, 9.17) is 18.9 Å². The molecule has 0 fully saturated rings. The van der Waals surface area contributed by atoms with Gasteiger partial charge in [-0.1, -0.05) is 6.92 Å². The van der Waals surface area contributed by atoms with Crippen LogP contribution < -0.4 is 14.8 Å². The standard InChI is InChI=1S/C24H27NO7S/c1-13(2)32-24(28)21-16-6-4-14(3)10-19(16)33-22(21)25-20(26)12-31-23(27)15-5-7-17-18(11-15)30-9-8-29-17/h5,7,11,13-14H,4,6,8-10,12H2,1-3H3,(H,25,26). The Hall–Kier alpha value is -3.07. The van der Waals surface area contributed by atoms with Gasteiger partial charge in [0.05, 0.1) is 17.2 Å². The Labute approximate surface area is 196 Å². The van der Waals surface area contributed by atoms with Crippen molar-refractivity contribution in [2.45, 2.75) is 46.1 Å². The van der Waals surface area contributed by atoms with Crippen LogP contribution >= 0.6 is 11.3 Å². The lowest BCUT2D eigenvalue weighted by Crippen LogP contribution is -2.22. The molecule has 1 aromatic carbocycles. The van der Waals surface area contributed by atoms with Crippen LogP contribution in [0.4, 0.5) is 5.00 Å². The summed E-state index contributed by atoms with van der Waals surface area (Å²) in [5.41, 5.74) is 1.63. The molecule has 0 saturated heterocycles. The third-order valence-electron chi connectivity index (χ3n) is 5.42. The van der Waals surface area contributed by atoms with Gasteiger partial charge in [0.1, 0.15) is 18.2 Å². The number of amides is 1. The maximum Gasteiger partial charge on any atom is 0.341 e. The van der Waals surface area contributed by atoms with Crippen molar-refractivity contribution < 1.29 is 33.3 Å². The highest BCUT2D eigenvalue weighted by atomic mass is 32.1. The van der Waals surface area contributed by atoms with Crippen molar-refractivity contribution in [1.29, 1.82) is 0 Å². The van der Waals surface area contributed by atoms with Crippen molar-refractivity contribution >= 4 is 34.2 Å². The van der Waals surface area contributed by atoms with Gasteiger partial charge in [-0.05, 0) is 62.8 Å². The van der Waals surface area contributed by atoms with Gasteiger partial charge in [-0.15, -0.1) is 11.3 Å². The summed E-state index contributed by atoms with van der Waals surface area (Å²) in [7, 11) is 0. The highest BCUT2D eigenvalue weighted by molar-refractivity contribution is 7.17.